The molecule has 3 rings (SSSR count). The van der Waals surface area contributed by atoms with E-state index in [0.29, 0.717) is 10.7 Å². The van der Waals surface area contributed by atoms with Gasteiger partial charge in [-0.05, 0) is 36.9 Å². The molecule has 0 spiro atoms. The number of carbonyl (C=O) groups excluding carboxylic acids is 1. The molecule has 2 N–H and O–H groups in total. The molecule has 7 heteroatoms. The predicted octanol–water partition coefficient (Wildman–Crippen LogP) is 4.09. The van der Waals surface area contributed by atoms with Gasteiger partial charge >= 0.3 is 0 Å². The monoisotopic (exact) mass is 359 g/mol. The van der Waals surface area contributed by atoms with E-state index in [1.54, 1.807) is 13.2 Å². The predicted molar refractivity (Wildman–Crippen MR) is 100 cm³/mol. The number of nitrogens with zero attached hydrogens (tertiary/aromatic N) is 1. The summed E-state index contributed by atoms with van der Waals surface area (Å²) in [6.45, 7) is 2.02. The van der Waals surface area contributed by atoms with Gasteiger partial charge in [-0.25, -0.2) is 4.98 Å². The van der Waals surface area contributed by atoms with Gasteiger partial charge in [-0.3, -0.25) is 15.6 Å². The molecule has 0 aliphatic carbocycles. The second kappa shape index (κ2) is 7.11. The van der Waals surface area contributed by atoms with Crippen molar-refractivity contribution in [2.75, 3.05) is 18.8 Å². The van der Waals surface area contributed by atoms with E-state index in [1.807, 2.05) is 43.5 Å². The van der Waals surface area contributed by atoms with Crippen molar-refractivity contribution in [2.45, 2.75) is 11.8 Å². The Bertz CT molecular complexity index is 893. The normalized spacial score (nSPS) is 10.6. The molecule has 1 heterocycles. The first-order valence-electron chi connectivity index (χ1n) is 7.27. The average molecular weight is 359 g/mol. The number of aryl methyl sites for hydroxylation is 1. The fourth-order valence-corrected chi connectivity index (χ4v) is 3.84. The highest BCUT2D eigenvalue weighted by atomic mass is 32.2. The SMILES string of the molecule is COc1ccc(C)c2sc(NNC(=O)c3ccccc3SC)nc12. The summed E-state index contributed by atoms with van der Waals surface area (Å²) in [5, 5.41) is 0.618. The quantitative estimate of drug-likeness (QED) is 0.531. The van der Waals surface area contributed by atoms with Crippen LogP contribution < -0.4 is 15.6 Å². The standard InChI is InChI=1S/C17H17N3O2S2/c1-10-8-9-12(22-2)14-15(10)24-17(18-14)20-19-16(21)11-6-4-5-7-13(11)23-3/h4-9H,1-3H3,(H,18,20)(H,19,21). The van der Waals surface area contributed by atoms with Crippen LogP contribution in [-0.4, -0.2) is 24.3 Å². The Morgan fingerprint density at radius 1 is 1.25 bits per heavy atom. The topological polar surface area (TPSA) is 63.2 Å². The lowest BCUT2D eigenvalue weighted by molar-refractivity contribution is 0.0960. The third-order valence-corrected chi connectivity index (χ3v) is 5.46. The highest BCUT2D eigenvalue weighted by Crippen LogP contribution is 2.34. The molecule has 24 heavy (non-hydrogen) atoms. The van der Waals surface area contributed by atoms with E-state index in [1.165, 1.54) is 23.1 Å². The van der Waals surface area contributed by atoms with E-state index < -0.39 is 0 Å². The summed E-state index contributed by atoms with van der Waals surface area (Å²) < 4.78 is 6.38. The number of fused-ring (bicyclic) bond motifs is 1. The minimum absolute atomic E-state index is 0.192. The van der Waals surface area contributed by atoms with E-state index in [0.717, 1.165) is 26.4 Å². The average Bonchev–Trinajstić information content (AvgIpc) is 3.05. The molecule has 3 aromatic rings. The zero-order valence-electron chi connectivity index (χ0n) is 13.5. The maximum absolute atomic E-state index is 12.4. The number of benzene rings is 2. The van der Waals surface area contributed by atoms with Crippen LogP contribution in [0.3, 0.4) is 0 Å². The first-order chi connectivity index (χ1) is 11.6. The second-order valence-electron chi connectivity index (χ2n) is 5.06. The summed E-state index contributed by atoms with van der Waals surface area (Å²) in [4.78, 5) is 17.8. The minimum atomic E-state index is -0.192. The molecule has 0 bridgehead atoms. The van der Waals surface area contributed by atoms with Crippen LogP contribution in [0.25, 0.3) is 10.2 Å². The molecule has 5 nitrogen and oxygen atoms in total. The summed E-state index contributed by atoms with van der Waals surface area (Å²) in [6, 6.07) is 11.4. The Hall–Kier alpha value is -2.25. The minimum Gasteiger partial charge on any atom is -0.494 e. The summed E-state index contributed by atoms with van der Waals surface area (Å²) in [5.74, 6) is 0.529. The Morgan fingerprint density at radius 3 is 2.79 bits per heavy atom. The van der Waals surface area contributed by atoms with Gasteiger partial charge in [0, 0.05) is 4.90 Å². The zero-order valence-corrected chi connectivity index (χ0v) is 15.2. The summed E-state index contributed by atoms with van der Waals surface area (Å²) in [5.41, 5.74) is 8.17. The number of thioether (sulfide) groups is 1. The molecule has 0 aliphatic rings. The number of rotatable bonds is 5. The number of anilines is 1. The van der Waals surface area contributed by atoms with Crippen molar-refractivity contribution in [3.8, 4) is 5.75 Å². The van der Waals surface area contributed by atoms with E-state index >= 15 is 0 Å². The number of hydrogen-bond acceptors (Lipinski definition) is 6. The third-order valence-electron chi connectivity index (χ3n) is 3.56. The van der Waals surface area contributed by atoms with E-state index in [2.05, 4.69) is 15.8 Å². The van der Waals surface area contributed by atoms with Crippen molar-refractivity contribution < 1.29 is 9.53 Å². The molecular formula is C17H17N3O2S2. The molecule has 1 aromatic heterocycles. The van der Waals surface area contributed by atoms with Crippen LogP contribution in [0.5, 0.6) is 5.75 Å². The lowest BCUT2D eigenvalue weighted by Crippen LogP contribution is -2.29. The fraction of sp³-hybridized carbons (Fsp3) is 0.176. The fourth-order valence-electron chi connectivity index (χ4n) is 2.34. The van der Waals surface area contributed by atoms with Crippen LogP contribution in [0.15, 0.2) is 41.3 Å². The molecule has 0 fully saturated rings. The first kappa shape index (κ1) is 16.6. The molecule has 0 atom stereocenters. The van der Waals surface area contributed by atoms with Crippen molar-refractivity contribution in [3.05, 3.63) is 47.5 Å². The van der Waals surface area contributed by atoms with Crippen molar-refractivity contribution in [2.24, 2.45) is 0 Å². The number of ether oxygens (including phenoxy) is 1. The highest BCUT2D eigenvalue weighted by molar-refractivity contribution is 7.98. The van der Waals surface area contributed by atoms with Gasteiger partial charge in [-0.1, -0.05) is 29.5 Å². The number of carbonyl (C=O) groups is 1. The van der Waals surface area contributed by atoms with Gasteiger partial charge < -0.3 is 4.74 Å². The molecule has 2 aromatic carbocycles. The summed E-state index contributed by atoms with van der Waals surface area (Å²) in [6.07, 6.45) is 1.95. The maximum atomic E-state index is 12.4. The Balaban J connectivity index is 1.81. The largest absolute Gasteiger partial charge is 0.494 e. The van der Waals surface area contributed by atoms with E-state index in [9.17, 15) is 4.79 Å². The molecule has 0 radical (unpaired) electrons. The number of thiazole rings is 1. The van der Waals surface area contributed by atoms with Gasteiger partial charge in [0.2, 0.25) is 5.13 Å². The van der Waals surface area contributed by atoms with Gasteiger partial charge in [-0.15, -0.1) is 11.8 Å². The smallest absolute Gasteiger partial charge is 0.270 e. The second-order valence-corrected chi connectivity index (χ2v) is 6.91. The van der Waals surface area contributed by atoms with Crippen molar-refractivity contribution in [1.82, 2.24) is 10.4 Å². The Kier molecular flexibility index (Phi) is 4.92. The maximum Gasteiger partial charge on any atom is 0.270 e. The van der Waals surface area contributed by atoms with Crippen molar-refractivity contribution in [1.29, 1.82) is 0 Å². The van der Waals surface area contributed by atoms with Crippen LogP contribution in [0.4, 0.5) is 5.13 Å². The summed E-state index contributed by atoms with van der Waals surface area (Å²) in [7, 11) is 1.62. The number of amides is 1. The molecular weight excluding hydrogens is 342 g/mol. The van der Waals surface area contributed by atoms with Crippen LogP contribution in [0.1, 0.15) is 15.9 Å². The van der Waals surface area contributed by atoms with Gasteiger partial charge in [0.15, 0.2) is 0 Å². The Morgan fingerprint density at radius 2 is 2.04 bits per heavy atom. The molecule has 1 amide bonds. The Labute approximate surface area is 148 Å². The first-order valence-corrected chi connectivity index (χ1v) is 9.31. The number of hydrazine groups is 1. The lowest BCUT2D eigenvalue weighted by atomic mass is 10.2. The van der Waals surface area contributed by atoms with Crippen molar-refractivity contribution >= 4 is 44.4 Å². The number of aromatic nitrogens is 1. The van der Waals surface area contributed by atoms with Crippen LogP contribution >= 0.6 is 23.1 Å². The molecule has 124 valence electrons. The van der Waals surface area contributed by atoms with Crippen LogP contribution in [0, 0.1) is 6.92 Å². The third kappa shape index (κ3) is 3.18. The molecule has 0 aliphatic heterocycles. The van der Waals surface area contributed by atoms with Gasteiger partial charge in [0.1, 0.15) is 11.3 Å². The van der Waals surface area contributed by atoms with E-state index in [-0.39, 0.29) is 5.91 Å². The highest BCUT2D eigenvalue weighted by Gasteiger charge is 2.13. The number of hydrogen-bond donors (Lipinski definition) is 2. The molecule has 0 saturated carbocycles. The number of methoxy groups -OCH3 is 1. The van der Waals surface area contributed by atoms with Gasteiger partial charge in [-0.2, -0.15) is 0 Å². The van der Waals surface area contributed by atoms with Gasteiger partial charge in [0.25, 0.3) is 5.91 Å². The van der Waals surface area contributed by atoms with Gasteiger partial charge in [0.05, 0.1) is 17.4 Å². The molecule has 0 unspecified atom stereocenters. The summed E-state index contributed by atoms with van der Waals surface area (Å²) >= 11 is 3.02. The van der Waals surface area contributed by atoms with Crippen molar-refractivity contribution in [3.63, 3.8) is 0 Å². The molecule has 0 saturated heterocycles. The lowest BCUT2D eigenvalue weighted by Gasteiger charge is -2.08. The van der Waals surface area contributed by atoms with Crippen LogP contribution in [0.2, 0.25) is 0 Å². The number of nitrogens with one attached hydrogen (secondary N) is 2. The van der Waals surface area contributed by atoms with Crippen LogP contribution in [-0.2, 0) is 0 Å². The zero-order chi connectivity index (χ0) is 17.1. The van der Waals surface area contributed by atoms with E-state index in [4.69, 9.17) is 4.74 Å².